The van der Waals surface area contributed by atoms with Crippen LogP contribution in [0.1, 0.15) is 55.4 Å². The van der Waals surface area contributed by atoms with Crippen LogP contribution in [0.3, 0.4) is 0 Å². The maximum Gasteiger partial charge on any atom is 0.410 e. The van der Waals surface area contributed by atoms with E-state index in [9.17, 15) is 9.18 Å². The molecule has 0 unspecified atom stereocenters. The molecule has 1 fully saturated rings. The molecule has 2 aliphatic rings. The van der Waals surface area contributed by atoms with E-state index < -0.39 is 5.60 Å². The minimum atomic E-state index is -0.505. The molecule has 1 saturated heterocycles. The predicted octanol–water partition coefficient (Wildman–Crippen LogP) is 5.94. The first-order chi connectivity index (χ1) is 16.8. The summed E-state index contributed by atoms with van der Waals surface area (Å²) in [6.07, 6.45) is 8.12. The van der Waals surface area contributed by atoms with Gasteiger partial charge in [0.05, 0.1) is 5.39 Å². The normalized spacial score (nSPS) is 16.7. The average molecular weight is 495 g/mol. The van der Waals surface area contributed by atoms with Crippen LogP contribution in [0.2, 0.25) is 0 Å². The Hall–Kier alpha value is -3.00. The number of carbonyl (C=O) groups is 1. The number of halogens is 1. The molecule has 6 nitrogen and oxygen atoms in total. The minimum Gasteiger partial charge on any atom is -0.444 e. The highest BCUT2D eigenvalue weighted by Gasteiger charge is 2.29. The summed E-state index contributed by atoms with van der Waals surface area (Å²) in [6.45, 7) is 8.23. The number of hydrogen-bond donors (Lipinski definition) is 0. The van der Waals surface area contributed by atoms with E-state index in [1.54, 1.807) is 28.4 Å². The largest absolute Gasteiger partial charge is 0.444 e. The van der Waals surface area contributed by atoms with Crippen molar-refractivity contribution < 1.29 is 13.9 Å². The summed E-state index contributed by atoms with van der Waals surface area (Å²) < 4.78 is 18.8. The zero-order valence-electron chi connectivity index (χ0n) is 20.5. The Labute approximate surface area is 209 Å². The lowest BCUT2D eigenvalue weighted by atomic mass is 9.97. The molecule has 1 amide bonds. The molecule has 0 N–H and O–H groups in total. The Kier molecular flexibility index (Phi) is 6.49. The van der Waals surface area contributed by atoms with E-state index >= 15 is 0 Å². The molecule has 35 heavy (non-hydrogen) atoms. The molecule has 1 aliphatic heterocycles. The molecule has 0 atom stereocenters. The van der Waals surface area contributed by atoms with Crippen LogP contribution in [0.4, 0.5) is 15.0 Å². The van der Waals surface area contributed by atoms with Crippen LogP contribution in [0.15, 0.2) is 24.3 Å². The second-order valence-electron chi connectivity index (χ2n) is 10.1. The van der Waals surface area contributed by atoms with Crippen molar-refractivity contribution in [2.75, 3.05) is 31.1 Å². The van der Waals surface area contributed by atoms with Gasteiger partial charge in [-0.3, -0.25) is 0 Å². The molecule has 184 valence electrons. The van der Waals surface area contributed by atoms with Gasteiger partial charge in [-0.1, -0.05) is 18.2 Å². The van der Waals surface area contributed by atoms with Gasteiger partial charge in [0.25, 0.3) is 0 Å². The number of piperazine rings is 1. The number of anilines is 1. The van der Waals surface area contributed by atoms with Crippen LogP contribution in [-0.2, 0) is 17.6 Å². The van der Waals surface area contributed by atoms with E-state index in [2.05, 4.69) is 4.90 Å². The number of fused-ring (bicyclic) bond motifs is 3. The summed E-state index contributed by atoms with van der Waals surface area (Å²) in [5.41, 5.74) is 1.79. The summed E-state index contributed by atoms with van der Waals surface area (Å²) in [7, 11) is 0. The van der Waals surface area contributed by atoms with Gasteiger partial charge < -0.3 is 14.5 Å². The first-order valence-electron chi connectivity index (χ1n) is 12.3. The highest BCUT2D eigenvalue weighted by Crippen LogP contribution is 2.40. The van der Waals surface area contributed by atoms with Gasteiger partial charge in [0.2, 0.25) is 0 Å². The van der Waals surface area contributed by atoms with E-state index in [0.29, 0.717) is 32.0 Å². The number of nitrogens with zero attached hydrogens (tertiary/aromatic N) is 4. The Morgan fingerprint density at radius 3 is 2.46 bits per heavy atom. The lowest BCUT2D eigenvalue weighted by Gasteiger charge is -2.36. The van der Waals surface area contributed by atoms with Gasteiger partial charge in [0.1, 0.15) is 22.1 Å². The molecular weight excluding hydrogens is 463 g/mol. The number of aryl methyl sites for hydroxylation is 2. The van der Waals surface area contributed by atoms with E-state index in [0.717, 1.165) is 29.1 Å². The van der Waals surface area contributed by atoms with Gasteiger partial charge in [0.15, 0.2) is 5.82 Å². The molecular formula is C27H31FN4O2S. The SMILES string of the molecule is CC(C)(C)OC(=O)N1CCN(c2nc(/C=C/c3ccc(F)cc3)nc3sc4c(c23)CCCC4)CC1. The summed E-state index contributed by atoms with van der Waals surface area (Å²) in [6, 6.07) is 6.38. The van der Waals surface area contributed by atoms with Crippen LogP contribution in [0.25, 0.3) is 22.4 Å². The van der Waals surface area contributed by atoms with Crippen LogP contribution in [0.5, 0.6) is 0 Å². The van der Waals surface area contributed by atoms with Crippen molar-refractivity contribution in [3.63, 3.8) is 0 Å². The van der Waals surface area contributed by atoms with Crippen molar-refractivity contribution in [3.05, 3.63) is 51.9 Å². The fraction of sp³-hybridized carbons (Fsp3) is 0.444. The van der Waals surface area contributed by atoms with Gasteiger partial charge in [-0.25, -0.2) is 19.2 Å². The van der Waals surface area contributed by atoms with Crippen molar-refractivity contribution in [1.82, 2.24) is 14.9 Å². The van der Waals surface area contributed by atoms with E-state index in [-0.39, 0.29) is 11.9 Å². The summed E-state index contributed by atoms with van der Waals surface area (Å²) in [5.74, 6) is 1.35. The second-order valence-corrected chi connectivity index (χ2v) is 11.2. The fourth-order valence-electron chi connectivity index (χ4n) is 4.63. The Balaban J connectivity index is 1.45. The zero-order valence-corrected chi connectivity index (χ0v) is 21.3. The molecule has 0 radical (unpaired) electrons. The van der Waals surface area contributed by atoms with Crippen molar-refractivity contribution >= 4 is 45.6 Å². The monoisotopic (exact) mass is 494 g/mol. The highest BCUT2D eigenvalue weighted by molar-refractivity contribution is 7.19. The molecule has 2 aromatic heterocycles. The van der Waals surface area contributed by atoms with Crippen molar-refractivity contribution in [2.24, 2.45) is 0 Å². The standard InChI is InChI=1S/C27H31FN4O2S/c1-27(2,3)34-26(33)32-16-14-31(15-17-32)24-23-20-6-4-5-7-21(20)35-25(23)30-22(29-24)13-10-18-8-11-19(28)12-9-18/h8-13H,4-7,14-17H2,1-3H3/b13-10+. The Morgan fingerprint density at radius 2 is 1.74 bits per heavy atom. The molecule has 3 aromatic rings. The average Bonchev–Trinajstić information content (AvgIpc) is 3.21. The Morgan fingerprint density at radius 1 is 1.03 bits per heavy atom. The summed E-state index contributed by atoms with van der Waals surface area (Å²) in [5, 5.41) is 1.18. The van der Waals surface area contributed by atoms with Crippen LogP contribution < -0.4 is 4.90 Å². The number of thiophene rings is 1. The summed E-state index contributed by atoms with van der Waals surface area (Å²) >= 11 is 1.78. The number of amides is 1. The van der Waals surface area contributed by atoms with Gasteiger partial charge in [-0.2, -0.15) is 0 Å². The van der Waals surface area contributed by atoms with Crippen molar-refractivity contribution in [3.8, 4) is 0 Å². The molecule has 5 rings (SSSR count). The van der Waals surface area contributed by atoms with Gasteiger partial charge in [-0.15, -0.1) is 11.3 Å². The maximum atomic E-state index is 13.3. The molecule has 3 heterocycles. The first-order valence-corrected chi connectivity index (χ1v) is 13.1. The molecule has 1 aliphatic carbocycles. The van der Waals surface area contributed by atoms with Crippen LogP contribution >= 0.6 is 11.3 Å². The van der Waals surface area contributed by atoms with Crippen molar-refractivity contribution in [2.45, 2.75) is 52.1 Å². The Bertz CT molecular complexity index is 1250. The van der Waals surface area contributed by atoms with Gasteiger partial charge in [0, 0.05) is 31.1 Å². The zero-order chi connectivity index (χ0) is 24.6. The van der Waals surface area contributed by atoms with E-state index in [1.165, 1.54) is 40.8 Å². The first kappa shape index (κ1) is 23.7. The summed E-state index contributed by atoms with van der Waals surface area (Å²) in [4.78, 5) is 28.9. The lowest BCUT2D eigenvalue weighted by molar-refractivity contribution is 0.0240. The fourth-order valence-corrected chi connectivity index (χ4v) is 5.89. The maximum absolute atomic E-state index is 13.3. The third-order valence-electron chi connectivity index (χ3n) is 6.34. The molecule has 0 bridgehead atoms. The minimum absolute atomic E-state index is 0.253. The number of aromatic nitrogens is 2. The molecule has 0 spiro atoms. The van der Waals surface area contributed by atoms with E-state index in [1.807, 2.05) is 32.9 Å². The second kappa shape index (κ2) is 9.57. The number of hydrogen-bond acceptors (Lipinski definition) is 6. The molecule has 8 heteroatoms. The van der Waals surface area contributed by atoms with E-state index in [4.69, 9.17) is 14.7 Å². The predicted molar refractivity (Wildman–Crippen MR) is 139 cm³/mol. The molecule has 1 aromatic carbocycles. The number of carbonyl (C=O) groups excluding carboxylic acids is 1. The van der Waals surface area contributed by atoms with Gasteiger partial charge >= 0.3 is 6.09 Å². The third kappa shape index (κ3) is 5.32. The number of ether oxygens (including phenoxy) is 1. The number of benzene rings is 1. The topological polar surface area (TPSA) is 58.6 Å². The quantitative estimate of drug-likeness (QED) is 0.451. The van der Waals surface area contributed by atoms with Crippen LogP contribution in [0, 0.1) is 5.82 Å². The van der Waals surface area contributed by atoms with Crippen LogP contribution in [-0.4, -0.2) is 52.7 Å². The molecule has 0 saturated carbocycles. The van der Waals surface area contributed by atoms with Crippen molar-refractivity contribution in [1.29, 1.82) is 0 Å². The number of rotatable bonds is 3. The lowest BCUT2D eigenvalue weighted by Crippen LogP contribution is -2.50. The van der Waals surface area contributed by atoms with Gasteiger partial charge in [-0.05, 0) is 75.8 Å². The smallest absolute Gasteiger partial charge is 0.410 e. The highest BCUT2D eigenvalue weighted by atomic mass is 32.1. The third-order valence-corrected chi connectivity index (χ3v) is 7.52.